The smallest absolute Gasteiger partial charge is 0.253 e. The van der Waals surface area contributed by atoms with E-state index in [0.717, 1.165) is 31.5 Å². The van der Waals surface area contributed by atoms with Crippen LogP contribution in [0.4, 0.5) is 5.69 Å². The lowest BCUT2D eigenvalue weighted by Crippen LogP contribution is -2.47. The van der Waals surface area contributed by atoms with Gasteiger partial charge in [-0.1, -0.05) is 0 Å². The van der Waals surface area contributed by atoms with E-state index < -0.39 is 5.41 Å². The SMILES string of the molecule is COCC1(C(=O)Nc2ccc(C(=O)N(C)C)c(C)c2)CCNCC1.Cl. The number of hydrogen-bond donors (Lipinski definition) is 2. The Morgan fingerprint density at radius 2 is 1.92 bits per heavy atom. The first-order chi connectivity index (χ1) is 11.4. The van der Waals surface area contributed by atoms with E-state index in [1.807, 2.05) is 13.0 Å². The van der Waals surface area contributed by atoms with E-state index in [-0.39, 0.29) is 24.2 Å². The van der Waals surface area contributed by atoms with Gasteiger partial charge in [-0.2, -0.15) is 0 Å². The van der Waals surface area contributed by atoms with E-state index in [4.69, 9.17) is 4.74 Å². The van der Waals surface area contributed by atoms with Crippen molar-refractivity contribution >= 4 is 29.9 Å². The van der Waals surface area contributed by atoms with Gasteiger partial charge in [0.25, 0.3) is 5.91 Å². The molecule has 0 bridgehead atoms. The van der Waals surface area contributed by atoms with E-state index >= 15 is 0 Å². The van der Waals surface area contributed by atoms with Gasteiger partial charge in [0, 0.05) is 32.5 Å². The number of aryl methyl sites for hydroxylation is 1. The van der Waals surface area contributed by atoms with Crippen LogP contribution in [-0.4, -0.2) is 57.6 Å². The number of methoxy groups -OCH3 is 1. The van der Waals surface area contributed by atoms with E-state index in [0.29, 0.717) is 17.9 Å². The van der Waals surface area contributed by atoms with Crippen molar-refractivity contribution in [2.24, 2.45) is 5.41 Å². The minimum Gasteiger partial charge on any atom is -0.384 e. The third-order valence-electron chi connectivity index (χ3n) is 4.58. The van der Waals surface area contributed by atoms with Crippen molar-refractivity contribution in [3.8, 4) is 0 Å². The van der Waals surface area contributed by atoms with Gasteiger partial charge in [0.2, 0.25) is 5.91 Å². The van der Waals surface area contributed by atoms with Crippen molar-refractivity contribution in [2.45, 2.75) is 19.8 Å². The van der Waals surface area contributed by atoms with Crippen LogP contribution in [0.15, 0.2) is 18.2 Å². The maximum Gasteiger partial charge on any atom is 0.253 e. The van der Waals surface area contributed by atoms with Gasteiger partial charge in [-0.15, -0.1) is 12.4 Å². The van der Waals surface area contributed by atoms with Crippen molar-refractivity contribution in [1.82, 2.24) is 10.2 Å². The lowest BCUT2D eigenvalue weighted by molar-refractivity contribution is -0.130. The molecule has 7 heteroatoms. The lowest BCUT2D eigenvalue weighted by Gasteiger charge is -2.35. The topological polar surface area (TPSA) is 70.7 Å². The third kappa shape index (κ3) is 4.93. The molecule has 2 rings (SSSR count). The molecule has 1 aromatic rings. The van der Waals surface area contributed by atoms with E-state index in [1.165, 1.54) is 0 Å². The Bertz CT molecular complexity index is 608. The molecule has 1 fully saturated rings. The molecule has 0 aliphatic carbocycles. The second-order valence-electron chi connectivity index (χ2n) is 6.65. The average Bonchev–Trinajstić information content (AvgIpc) is 2.55. The standard InChI is InChI=1S/C18H27N3O3.ClH/c1-13-11-14(5-6-15(13)16(22)21(2)3)20-17(23)18(12-24-4)7-9-19-10-8-18;/h5-6,11,19H,7-10,12H2,1-4H3,(H,20,23);1H. The minimum absolute atomic E-state index is 0. The second-order valence-corrected chi connectivity index (χ2v) is 6.65. The molecule has 1 aromatic carbocycles. The Balaban J connectivity index is 0.00000312. The van der Waals surface area contributed by atoms with Crippen LogP contribution in [0.1, 0.15) is 28.8 Å². The highest BCUT2D eigenvalue weighted by atomic mass is 35.5. The first-order valence-electron chi connectivity index (χ1n) is 8.23. The highest BCUT2D eigenvalue weighted by Gasteiger charge is 2.39. The van der Waals surface area contributed by atoms with Gasteiger partial charge in [0.1, 0.15) is 0 Å². The van der Waals surface area contributed by atoms with Crippen LogP contribution in [0.25, 0.3) is 0 Å². The highest BCUT2D eigenvalue weighted by Crippen LogP contribution is 2.31. The molecular weight excluding hydrogens is 342 g/mol. The molecule has 0 aromatic heterocycles. The van der Waals surface area contributed by atoms with Gasteiger partial charge in [0.15, 0.2) is 0 Å². The number of rotatable bonds is 5. The van der Waals surface area contributed by atoms with Crippen molar-refractivity contribution in [1.29, 1.82) is 0 Å². The summed E-state index contributed by atoms with van der Waals surface area (Å²) in [5.41, 5.74) is 1.71. The molecule has 1 aliphatic rings. The molecule has 2 amide bonds. The molecule has 1 saturated heterocycles. The molecule has 6 nitrogen and oxygen atoms in total. The van der Waals surface area contributed by atoms with Crippen molar-refractivity contribution in [3.63, 3.8) is 0 Å². The van der Waals surface area contributed by atoms with Crippen molar-refractivity contribution in [2.75, 3.05) is 46.2 Å². The van der Waals surface area contributed by atoms with Crippen LogP contribution >= 0.6 is 12.4 Å². The summed E-state index contributed by atoms with van der Waals surface area (Å²) in [6.45, 7) is 3.91. The van der Waals surface area contributed by atoms with Gasteiger partial charge in [0.05, 0.1) is 12.0 Å². The van der Waals surface area contributed by atoms with Crippen LogP contribution < -0.4 is 10.6 Å². The van der Waals surface area contributed by atoms with Crippen LogP contribution in [0, 0.1) is 12.3 Å². The molecule has 1 aliphatic heterocycles. The minimum atomic E-state index is -0.494. The lowest BCUT2D eigenvalue weighted by atomic mass is 9.78. The number of hydrogen-bond acceptors (Lipinski definition) is 4. The van der Waals surface area contributed by atoms with Crippen LogP contribution in [-0.2, 0) is 9.53 Å². The number of amides is 2. The van der Waals surface area contributed by atoms with Gasteiger partial charge in [-0.25, -0.2) is 0 Å². The summed E-state index contributed by atoms with van der Waals surface area (Å²) in [6.07, 6.45) is 1.51. The second kappa shape index (κ2) is 9.17. The predicted molar refractivity (Wildman–Crippen MR) is 101 cm³/mol. The summed E-state index contributed by atoms with van der Waals surface area (Å²) in [6, 6.07) is 5.39. The summed E-state index contributed by atoms with van der Waals surface area (Å²) >= 11 is 0. The quantitative estimate of drug-likeness (QED) is 0.833. The van der Waals surface area contributed by atoms with Crippen LogP contribution in [0.3, 0.4) is 0 Å². The normalized spacial score (nSPS) is 15.8. The molecule has 0 unspecified atom stereocenters. The average molecular weight is 370 g/mol. The van der Waals surface area contributed by atoms with E-state index in [2.05, 4.69) is 10.6 Å². The van der Waals surface area contributed by atoms with Crippen molar-refractivity contribution < 1.29 is 14.3 Å². The summed E-state index contributed by atoms with van der Waals surface area (Å²) in [7, 11) is 5.08. The Hall–Kier alpha value is -1.63. The Labute approximate surface area is 155 Å². The van der Waals surface area contributed by atoms with Gasteiger partial charge in [-0.3, -0.25) is 9.59 Å². The number of carbonyl (C=O) groups excluding carboxylic acids is 2. The van der Waals surface area contributed by atoms with Crippen LogP contribution in [0.5, 0.6) is 0 Å². The Morgan fingerprint density at radius 3 is 2.44 bits per heavy atom. The summed E-state index contributed by atoms with van der Waals surface area (Å²) in [5, 5.41) is 6.28. The molecule has 0 spiro atoms. The largest absolute Gasteiger partial charge is 0.384 e. The number of piperidine rings is 1. The number of anilines is 1. The van der Waals surface area contributed by atoms with E-state index in [9.17, 15) is 9.59 Å². The molecular formula is C18H28ClN3O3. The number of ether oxygens (including phenoxy) is 1. The number of carbonyl (C=O) groups is 2. The Kier molecular flexibility index (Phi) is 7.86. The molecule has 0 atom stereocenters. The summed E-state index contributed by atoms with van der Waals surface area (Å²) in [5.74, 6) is -0.0588. The first kappa shape index (κ1) is 21.4. The molecule has 2 N–H and O–H groups in total. The Morgan fingerprint density at radius 1 is 1.28 bits per heavy atom. The van der Waals surface area contributed by atoms with Gasteiger partial charge >= 0.3 is 0 Å². The van der Waals surface area contributed by atoms with E-state index in [1.54, 1.807) is 38.2 Å². The molecule has 0 radical (unpaired) electrons. The molecule has 140 valence electrons. The highest BCUT2D eigenvalue weighted by molar-refractivity contribution is 5.98. The van der Waals surface area contributed by atoms with Crippen LogP contribution in [0.2, 0.25) is 0 Å². The fourth-order valence-electron chi connectivity index (χ4n) is 3.10. The fraction of sp³-hybridized carbons (Fsp3) is 0.556. The molecule has 1 heterocycles. The number of nitrogens with one attached hydrogen (secondary N) is 2. The third-order valence-corrected chi connectivity index (χ3v) is 4.58. The summed E-state index contributed by atoms with van der Waals surface area (Å²) in [4.78, 5) is 26.5. The number of nitrogens with zero attached hydrogens (tertiary/aromatic N) is 1. The monoisotopic (exact) mass is 369 g/mol. The summed E-state index contributed by atoms with van der Waals surface area (Å²) < 4.78 is 5.31. The molecule has 25 heavy (non-hydrogen) atoms. The fourth-order valence-corrected chi connectivity index (χ4v) is 3.10. The van der Waals surface area contributed by atoms with Gasteiger partial charge < -0.3 is 20.3 Å². The predicted octanol–water partition coefficient (Wildman–Crippen LogP) is 2.07. The zero-order chi connectivity index (χ0) is 17.7. The zero-order valence-electron chi connectivity index (χ0n) is 15.3. The molecule has 0 saturated carbocycles. The zero-order valence-corrected chi connectivity index (χ0v) is 16.2. The van der Waals surface area contributed by atoms with Crippen molar-refractivity contribution in [3.05, 3.63) is 29.3 Å². The number of benzene rings is 1. The first-order valence-corrected chi connectivity index (χ1v) is 8.23. The number of halogens is 1. The maximum atomic E-state index is 12.8. The maximum absolute atomic E-state index is 12.8. The van der Waals surface area contributed by atoms with Gasteiger partial charge in [-0.05, 0) is 56.6 Å².